The molecule has 114 valence electrons. The van der Waals surface area contributed by atoms with Crippen LogP contribution in [0.2, 0.25) is 0 Å². The molecule has 20 heavy (non-hydrogen) atoms. The summed E-state index contributed by atoms with van der Waals surface area (Å²) in [6.07, 6.45) is 2.19. The first-order valence-electron chi connectivity index (χ1n) is 6.45. The van der Waals surface area contributed by atoms with Crippen molar-refractivity contribution in [2.45, 2.75) is 24.7 Å². The summed E-state index contributed by atoms with van der Waals surface area (Å²) in [5, 5.41) is 3.29. The Morgan fingerprint density at radius 2 is 2.20 bits per heavy atom. The van der Waals surface area contributed by atoms with Gasteiger partial charge in [-0.3, -0.25) is 0 Å². The first-order chi connectivity index (χ1) is 8.99. The van der Waals surface area contributed by atoms with Gasteiger partial charge in [0.2, 0.25) is 10.0 Å². The summed E-state index contributed by atoms with van der Waals surface area (Å²) < 4.78 is 28.1. The predicted molar refractivity (Wildman–Crippen MR) is 86.9 cm³/mol. The molecule has 0 saturated carbocycles. The largest absolute Gasteiger partial charge is 0.316 e. The normalized spacial score (nSPS) is 19.4. The van der Waals surface area contributed by atoms with E-state index in [2.05, 4.69) is 26.0 Å². The van der Waals surface area contributed by atoms with E-state index in [9.17, 15) is 8.42 Å². The third kappa shape index (κ3) is 4.70. The van der Waals surface area contributed by atoms with Crippen molar-refractivity contribution >= 4 is 38.4 Å². The number of piperidine rings is 1. The quantitative estimate of drug-likeness (QED) is 0.839. The summed E-state index contributed by atoms with van der Waals surface area (Å²) in [5.74, 6) is 0.388. The van der Waals surface area contributed by atoms with E-state index in [4.69, 9.17) is 0 Å². The summed E-state index contributed by atoms with van der Waals surface area (Å²) in [6, 6.07) is 5.21. The predicted octanol–water partition coefficient (Wildman–Crippen LogP) is 2.46. The molecule has 1 aromatic rings. The maximum absolute atomic E-state index is 12.3. The summed E-state index contributed by atoms with van der Waals surface area (Å²) in [6.45, 7) is 4.24. The van der Waals surface area contributed by atoms with Gasteiger partial charge in [0.15, 0.2) is 0 Å². The van der Waals surface area contributed by atoms with Crippen LogP contribution in [0.4, 0.5) is 0 Å². The lowest BCUT2D eigenvalue weighted by Gasteiger charge is -2.23. The van der Waals surface area contributed by atoms with Crippen LogP contribution in [0.5, 0.6) is 0 Å². The van der Waals surface area contributed by atoms with E-state index < -0.39 is 10.0 Å². The molecule has 7 heteroatoms. The number of benzene rings is 1. The van der Waals surface area contributed by atoms with Gasteiger partial charge in [0.05, 0.1) is 4.90 Å². The summed E-state index contributed by atoms with van der Waals surface area (Å²) in [4.78, 5) is 0.361. The molecule has 1 unspecified atom stereocenters. The number of rotatable bonds is 4. The van der Waals surface area contributed by atoms with Crippen molar-refractivity contribution in [2.24, 2.45) is 5.92 Å². The van der Waals surface area contributed by atoms with Gasteiger partial charge in [-0.05, 0) is 62.5 Å². The molecule has 4 nitrogen and oxygen atoms in total. The molecule has 0 amide bonds. The van der Waals surface area contributed by atoms with Gasteiger partial charge >= 0.3 is 0 Å². The maximum Gasteiger partial charge on any atom is 0.240 e. The number of nitrogens with one attached hydrogen (secondary N) is 2. The van der Waals surface area contributed by atoms with Crippen molar-refractivity contribution in [1.82, 2.24) is 10.0 Å². The molecule has 0 radical (unpaired) electrons. The summed E-state index contributed by atoms with van der Waals surface area (Å²) in [5.41, 5.74) is 0.753. The van der Waals surface area contributed by atoms with Gasteiger partial charge in [0, 0.05) is 11.0 Å². The highest BCUT2D eigenvalue weighted by molar-refractivity contribution is 9.10. The van der Waals surface area contributed by atoms with Crippen LogP contribution >= 0.6 is 28.3 Å². The zero-order chi connectivity index (χ0) is 13.9. The molecule has 1 saturated heterocycles. The fraction of sp³-hybridized carbons (Fsp3) is 0.538. The van der Waals surface area contributed by atoms with E-state index >= 15 is 0 Å². The summed E-state index contributed by atoms with van der Waals surface area (Å²) in [7, 11) is -3.41. The van der Waals surface area contributed by atoms with Gasteiger partial charge in [0.25, 0.3) is 0 Å². The first kappa shape index (κ1) is 17.9. The second-order valence-electron chi connectivity index (χ2n) is 4.97. The second kappa shape index (κ2) is 7.75. The molecule has 0 bridgehead atoms. The number of halogens is 2. The molecule has 2 N–H and O–H groups in total. The maximum atomic E-state index is 12.3. The van der Waals surface area contributed by atoms with Crippen LogP contribution in [0.15, 0.2) is 27.6 Å². The number of hydrogen-bond donors (Lipinski definition) is 2. The monoisotopic (exact) mass is 382 g/mol. The third-order valence-corrected chi connectivity index (χ3v) is 5.46. The topological polar surface area (TPSA) is 58.2 Å². The molecule has 1 heterocycles. The molecule has 1 aromatic carbocycles. The van der Waals surface area contributed by atoms with E-state index in [1.54, 1.807) is 12.1 Å². The Morgan fingerprint density at radius 3 is 2.80 bits per heavy atom. The van der Waals surface area contributed by atoms with E-state index in [0.717, 1.165) is 36.0 Å². The van der Waals surface area contributed by atoms with Crippen molar-refractivity contribution in [1.29, 1.82) is 0 Å². The van der Waals surface area contributed by atoms with Crippen LogP contribution in [0.25, 0.3) is 0 Å². The number of sulfonamides is 1. The smallest absolute Gasteiger partial charge is 0.240 e. The first-order valence-corrected chi connectivity index (χ1v) is 8.73. The van der Waals surface area contributed by atoms with Crippen LogP contribution in [-0.4, -0.2) is 28.1 Å². The molecule has 1 fully saturated rings. The lowest BCUT2D eigenvalue weighted by molar-refractivity contribution is 0.376. The minimum Gasteiger partial charge on any atom is -0.316 e. The lowest BCUT2D eigenvalue weighted by Crippen LogP contribution is -2.38. The molecule has 0 aliphatic carbocycles. The number of hydrogen-bond acceptors (Lipinski definition) is 3. The number of aryl methyl sites for hydroxylation is 1. The zero-order valence-electron chi connectivity index (χ0n) is 11.4. The third-order valence-electron chi connectivity index (χ3n) is 3.39. The fourth-order valence-electron chi connectivity index (χ4n) is 2.32. The molecule has 0 aromatic heterocycles. The van der Waals surface area contributed by atoms with E-state index in [0.29, 0.717) is 17.4 Å². The molecular formula is C13H20BrClN2O2S. The highest BCUT2D eigenvalue weighted by Gasteiger charge is 2.20. The fourth-order valence-corrected chi connectivity index (χ4v) is 4.13. The van der Waals surface area contributed by atoms with Crippen molar-refractivity contribution in [2.75, 3.05) is 19.6 Å². The van der Waals surface area contributed by atoms with Gasteiger partial charge in [-0.15, -0.1) is 12.4 Å². The van der Waals surface area contributed by atoms with Crippen LogP contribution in [-0.2, 0) is 10.0 Å². The highest BCUT2D eigenvalue weighted by atomic mass is 79.9. The van der Waals surface area contributed by atoms with Crippen molar-refractivity contribution in [3.63, 3.8) is 0 Å². The molecule has 2 rings (SSSR count). The van der Waals surface area contributed by atoms with Crippen molar-refractivity contribution in [3.05, 3.63) is 28.2 Å². The Morgan fingerprint density at radius 1 is 1.45 bits per heavy atom. The Balaban J connectivity index is 0.00000200. The minimum absolute atomic E-state index is 0. The standard InChI is InChI=1S/C13H19BrN2O2S.ClH/c1-10-7-12(14)4-5-13(10)19(17,18)16-9-11-3-2-6-15-8-11;/h4-5,7,11,15-16H,2-3,6,8-9H2,1H3;1H. The van der Waals surface area contributed by atoms with Crippen LogP contribution in [0.3, 0.4) is 0 Å². The van der Waals surface area contributed by atoms with Gasteiger partial charge < -0.3 is 5.32 Å². The van der Waals surface area contributed by atoms with Crippen molar-refractivity contribution in [3.8, 4) is 0 Å². The molecule has 1 aliphatic rings. The van der Waals surface area contributed by atoms with E-state index in [-0.39, 0.29) is 12.4 Å². The van der Waals surface area contributed by atoms with Gasteiger partial charge in [0.1, 0.15) is 0 Å². The lowest BCUT2D eigenvalue weighted by atomic mass is 10.0. The van der Waals surface area contributed by atoms with Crippen LogP contribution < -0.4 is 10.0 Å². The average molecular weight is 384 g/mol. The Labute approximate surface area is 135 Å². The molecular weight excluding hydrogens is 364 g/mol. The van der Waals surface area contributed by atoms with Gasteiger partial charge in [-0.25, -0.2) is 13.1 Å². The minimum atomic E-state index is -3.41. The van der Waals surface area contributed by atoms with E-state index in [1.165, 1.54) is 0 Å². The second-order valence-corrected chi connectivity index (χ2v) is 7.63. The van der Waals surface area contributed by atoms with Gasteiger partial charge in [-0.2, -0.15) is 0 Å². The molecule has 1 atom stereocenters. The SMILES string of the molecule is Cc1cc(Br)ccc1S(=O)(=O)NCC1CCCNC1.Cl. The zero-order valence-corrected chi connectivity index (χ0v) is 14.6. The van der Waals surface area contributed by atoms with Crippen LogP contribution in [0, 0.1) is 12.8 Å². The van der Waals surface area contributed by atoms with Crippen molar-refractivity contribution < 1.29 is 8.42 Å². The average Bonchev–Trinajstić information content (AvgIpc) is 2.37. The van der Waals surface area contributed by atoms with Gasteiger partial charge in [-0.1, -0.05) is 15.9 Å². The Kier molecular flexibility index (Phi) is 6.94. The van der Waals surface area contributed by atoms with Crippen LogP contribution in [0.1, 0.15) is 18.4 Å². The van der Waals surface area contributed by atoms with E-state index in [1.807, 2.05) is 13.0 Å². The highest BCUT2D eigenvalue weighted by Crippen LogP contribution is 2.20. The Bertz CT molecular complexity index is 545. The molecule has 1 aliphatic heterocycles. The summed E-state index contributed by atoms with van der Waals surface area (Å²) >= 11 is 3.34. The Hall–Kier alpha value is -0.140. The molecule has 0 spiro atoms.